The van der Waals surface area contributed by atoms with Crippen LogP contribution in [0.15, 0.2) is 48.9 Å². The fraction of sp³-hybridized carbons (Fsp3) is 0.286. The molecule has 0 N–H and O–H groups in total. The molecule has 3 heterocycles. The lowest BCUT2D eigenvalue weighted by molar-refractivity contribution is 0.288. The highest BCUT2D eigenvalue weighted by atomic mass is 16.5. The van der Waals surface area contributed by atoms with Crippen molar-refractivity contribution in [1.82, 2.24) is 15.0 Å². The van der Waals surface area contributed by atoms with Gasteiger partial charge in [0.25, 0.3) is 0 Å². The van der Waals surface area contributed by atoms with E-state index in [1.54, 1.807) is 19.5 Å². The van der Waals surface area contributed by atoms with Gasteiger partial charge < -0.3 is 9.47 Å². The summed E-state index contributed by atoms with van der Waals surface area (Å²) >= 11 is 0. The number of pyridine rings is 3. The van der Waals surface area contributed by atoms with Crippen LogP contribution >= 0.6 is 0 Å². The van der Waals surface area contributed by atoms with Gasteiger partial charge in [0.2, 0.25) is 5.88 Å². The van der Waals surface area contributed by atoms with Crippen LogP contribution in [0.3, 0.4) is 0 Å². The standard InChI is InChI=1S/C21H21N3O2/c1-25-17-10-15(12-22-13-17)19-11-21(24-20-8-3-2-7-18(19)20)26-14-16-6-4-5-9-23-16/h4-6,9-13H,2-3,7-8,14H2,1H3. The molecule has 1 aliphatic rings. The number of methoxy groups -OCH3 is 1. The maximum absolute atomic E-state index is 5.95. The number of aryl methyl sites for hydroxylation is 1. The van der Waals surface area contributed by atoms with Crippen LogP contribution in [0.4, 0.5) is 0 Å². The van der Waals surface area contributed by atoms with Gasteiger partial charge in [-0.05, 0) is 55.0 Å². The van der Waals surface area contributed by atoms with Gasteiger partial charge in [0.05, 0.1) is 19.0 Å². The monoisotopic (exact) mass is 347 g/mol. The molecule has 5 nitrogen and oxygen atoms in total. The second kappa shape index (κ2) is 7.52. The Kier molecular flexibility index (Phi) is 4.78. The van der Waals surface area contributed by atoms with Gasteiger partial charge in [-0.15, -0.1) is 0 Å². The molecule has 0 atom stereocenters. The number of hydrogen-bond donors (Lipinski definition) is 0. The zero-order valence-electron chi connectivity index (χ0n) is 14.8. The average Bonchev–Trinajstić information content (AvgIpc) is 2.72. The minimum absolute atomic E-state index is 0.405. The Labute approximate surface area is 153 Å². The predicted octanol–water partition coefficient (Wildman–Crippen LogP) is 4.01. The first-order valence-electron chi connectivity index (χ1n) is 8.88. The molecule has 132 valence electrons. The largest absolute Gasteiger partial charge is 0.495 e. The number of aromatic nitrogens is 3. The second-order valence-electron chi connectivity index (χ2n) is 6.36. The van der Waals surface area contributed by atoms with Gasteiger partial charge in [-0.2, -0.15) is 0 Å². The van der Waals surface area contributed by atoms with Gasteiger partial charge in [-0.3, -0.25) is 9.97 Å². The Balaban J connectivity index is 1.69. The number of hydrogen-bond acceptors (Lipinski definition) is 5. The average molecular weight is 347 g/mol. The summed E-state index contributed by atoms with van der Waals surface area (Å²) in [5.41, 5.74) is 5.49. The maximum Gasteiger partial charge on any atom is 0.214 e. The van der Waals surface area contributed by atoms with Gasteiger partial charge in [0.15, 0.2) is 0 Å². The lowest BCUT2D eigenvalue weighted by atomic mass is 9.90. The molecule has 0 fully saturated rings. The lowest BCUT2D eigenvalue weighted by Crippen LogP contribution is -2.09. The van der Waals surface area contributed by atoms with Crippen molar-refractivity contribution in [3.63, 3.8) is 0 Å². The van der Waals surface area contributed by atoms with E-state index in [1.165, 1.54) is 18.4 Å². The van der Waals surface area contributed by atoms with Crippen molar-refractivity contribution in [3.8, 4) is 22.8 Å². The van der Waals surface area contributed by atoms with Crippen molar-refractivity contribution < 1.29 is 9.47 Å². The molecule has 0 saturated heterocycles. The van der Waals surface area contributed by atoms with Gasteiger partial charge in [0.1, 0.15) is 12.4 Å². The number of rotatable bonds is 5. The van der Waals surface area contributed by atoms with Crippen LogP contribution in [-0.4, -0.2) is 22.1 Å². The van der Waals surface area contributed by atoms with Crippen LogP contribution in [-0.2, 0) is 19.4 Å². The fourth-order valence-electron chi connectivity index (χ4n) is 3.32. The van der Waals surface area contributed by atoms with Crippen LogP contribution in [0.2, 0.25) is 0 Å². The van der Waals surface area contributed by atoms with E-state index in [0.29, 0.717) is 12.5 Å². The first kappa shape index (κ1) is 16.5. The first-order valence-corrected chi connectivity index (χ1v) is 8.88. The predicted molar refractivity (Wildman–Crippen MR) is 99.2 cm³/mol. The molecule has 0 spiro atoms. The number of ether oxygens (including phenoxy) is 2. The highest BCUT2D eigenvalue weighted by molar-refractivity contribution is 5.70. The van der Waals surface area contributed by atoms with E-state index in [9.17, 15) is 0 Å². The lowest BCUT2D eigenvalue weighted by Gasteiger charge is -2.20. The summed E-state index contributed by atoms with van der Waals surface area (Å²) in [7, 11) is 1.66. The second-order valence-corrected chi connectivity index (χ2v) is 6.36. The SMILES string of the molecule is COc1cncc(-c2cc(OCc3ccccn3)nc3c2CCCC3)c1. The van der Waals surface area contributed by atoms with Crippen molar-refractivity contribution in [2.45, 2.75) is 32.3 Å². The van der Waals surface area contributed by atoms with Gasteiger partial charge >= 0.3 is 0 Å². The molecule has 3 aromatic heterocycles. The zero-order valence-corrected chi connectivity index (χ0v) is 14.8. The summed E-state index contributed by atoms with van der Waals surface area (Å²) in [6.07, 6.45) is 9.74. The molecular formula is C21H21N3O2. The molecule has 0 unspecified atom stereocenters. The molecule has 0 bridgehead atoms. The smallest absolute Gasteiger partial charge is 0.214 e. The number of nitrogens with zero attached hydrogens (tertiary/aromatic N) is 3. The number of fused-ring (bicyclic) bond motifs is 1. The molecular weight excluding hydrogens is 326 g/mol. The van der Waals surface area contributed by atoms with E-state index in [2.05, 4.69) is 9.97 Å². The van der Waals surface area contributed by atoms with E-state index in [-0.39, 0.29) is 0 Å². The van der Waals surface area contributed by atoms with E-state index in [0.717, 1.165) is 41.1 Å². The quantitative estimate of drug-likeness (QED) is 0.698. The van der Waals surface area contributed by atoms with Crippen molar-refractivity contribution >= 4 is 0 Å². The minimum atomic E-state index is 0.405. The fourth-order valence-corrected chi connectivity index (χ4v) is 3.32. The Morgan fingerprint density at radius 3 is 2.85 bits per heavy atom. The van der Waals surface area contributed by atoms with Gasteiger partial charge in [-0.25, -0.2) is 4.98 Å². The Morgan fingerprint density at radius 1 is 1.08 bits per heavy atom. The van der Waals surface area contributed by atoms with Gasteiger partial charge in [0, 0.05) is 29.7 Å². The molecule has 0 aliphatic heterocycles. The summed E-state index contributed by atoms with van der Waals surface area (Å²) in [6, 6.07) is 9.84. The van der Waals surface area contributed by atoms with E-state index in [4.69, 9.17) is 14.5 Å². The van der Waals surface area contributed by atoms with E-state index in [1.807, 2.05) is 36.5 Å². The zero-order chi connectivity index (χ0) is 17.8. The molecule has 0 radical (unpaired) electrons. The summed E-state index contributed by atoms with van der Waals surface area (Å²) in [5.74, 6) is 1.38. The molecule has 0 amide bonds. The third-order valence-electron chi connectivity index (χ3n) is 4.63. The molecule has 5 heteroatoms. The summed E-state index contributed by atoms with van der Waals surface area (Å²) in [5, 5.41) is 0. The maximum atomic E-state index is 5.95. The van der Waals surface area contributed by atoms with Crippen molar-refractivity contribution in [3.05, 3.63) is 65.9 Å². The van der Waals surface area contributed by atoms with Crippen molar-refractivity contribution in [2.24, 2.45) is 0 Å². The Bertz CT molecular complexity index is 897. The minimum Gasteiger partial charge on any atom is -0.495 e. The highest BCUT2D eigenvalue weighted by Gasteiger charge is 2.18. The van der Waals surface area contributed by atoms with E-state index >= 15 is 0 Å². The third-order valence-corrected chi connectivity index (χ3v) is 4.63. The van der Waals surface area contributed by atoms with Crippen LogP contribution in [0.1, 0.15) is 29.8 Å². The Hall–Kier alpha value is -2.95. The molecule has 0 saturated carbocycles. The molecule has 0 aromatic carbocycles. The molecule has 26 heavy (non-hydrogen) atoms. The first-order chi connectivity index (χ1) is 12.8. The van der Waals surface area contributed by atoms with Gasteiger partial charge in [-0.1, -0.05) is 6.07 Å². The Morgan fingerprint density at radius 2 is 2.00 bits per heavy atom. The van der Waals surface area contributed by atoms with Crippen LogP contribution < -0.4 is 9.47 Å². The normalized spacial score (nSPS) is 13.1. The van der Waals surface area contributed by atoms with Crippen molar-refractivity contribution in [1.29, 1.82) is 0 Å². The molecule has 1 aliphatic carbocycles. The summed E-state index contributed by atoms with van der Waals surface area (Å²) in [6.45, 7) is 0.405. The van der Waals surface area contributed by atoms with Crippen LogP contribution in [0.25, 0.3) is 11.1 Å². The van der Waals surface area contributed by atoms with Crippen LogP contribution in [0.5, 0.6) is 11.6 Å². The van der Waals surface area contributed by atoms with Crippen molar-refractivity contribution in [2.75, 3.05) is 7.11 Å². The summed E-state index contributed by atoms with van der Waals surface area (Å²) < 4.78 is 11.3. The van der Waals surface area contributed by atoms with E-state index < -0.39 is 0 Å². The molecule has 3 aromatic rings. The third kappa shape index (κ3) is 3.52. The summed E-state index contributed by atoms with van der Waals surface area (Å²) in [4.78, 5) is 13.4. The molecule has 4 rings (SSSR count). The topological polar surface area (TPSA) is 57.1 Å². The highest BCUT2D eigenvalue weighted by Crippen LogP contribution is 2.34. The van der Waals surface area contributed by atoms with Crippen LogP contribution in [0, 0.1) is 0 Å².